The monoisotopic (exact) mass is 887 g/mol. The first-order chi connectivity index (χ1) is 26.5. The van der Waals surface area contributed by atoms with Gasteiger partial charge >= 0.3 is 0 Å². The normalized spacial score (nSPS) is 11.7. The van der Waals surface area contributed by atoms with Crippen molar-refractivity contribution >= 4 is 23.1 Å². The Bertz CT molecular complexity index is 2650. The topological polar surface area (TPSA) is 44.2 Å². The molecule has 0 fully saturated rings. The molecule has 0 aliphatic carbocycles. The Labute approximate surface area is 336 Å². The Morgan fingerprint density at radius 3 is 2.00 bits per heavy atom. The number of aryl methyl sites for hydroxylation is 3. The van der Waals surface area contributed by atoms with Crippen LogP contribution in [0.5, 0.6) is 23.0 Å². The molecule has 0 atom stereocenters. The summed E-state index contributed by atoms with van der Waals surface area (Å²) >= 11 is 0. The third kappa shape index (κ3) is 6.92. The molecule has 2 aromatic heterocycles. The molecule has 0 bridgehead atoms. The quantitative estimate of drug-likeness (QED) is 0.131. The molecule has 0 unspecified atom stereocenters. The maximum atomic E-state index is 6.54. The van der Waals surface area contributed by atoms with Crippen molar-refractivity contribution in [1.82, 2.24) is 9.97 Å². The molecule has 8 aromatic rings. The van der Waals surface area contributed by atoms with E-state index in [2.05, 4.69) is 135 Å². The number of hydrogen-bond donors (Lipinski definition) is 0. The molecule has 267 valence electrons. The number of fused-ring (bicyclic) bond motifs is 4. The summed E-state index contributed by atoms with van der Waals surface area (Å²) in [6, 6.07) is 56.4. The van der Waals surface area contributed by atoms with Gasteiger partial charge in [0.2, 0.25) is 6.71 Å². The molecule has 0 saturated heterocycles. The molecule has 2 aliphatic heterocycles. The van der Waals surface area contributed by atoms with Crippen LogP contribution in [0.3, 0.4) is 0 Å². The Morgan fingerprint density at radius 1 is 0.545 bits per heavy atom. The fraction of sp³-hybridized carbons (Fsp3) is 0.0612. The van der Waals surface area contributed by atoms with E-state index in [1.165, 1.54) is 33.4 Å². The molecule has 10 rings (SSSR count). The van der Waals surface area contributed by atoms with E-state index in [1.54, 1.807) is 0 Å². The molecule has 1 radical (unpaired) electrons. The molecule has 0 N–H and O–H groups in total. The van der Waals surface area contributed by atoms with E-state index in [0.717, 1.165) is 67.5 Å². The molecule has 6 aromatic carbocycles. The maximum absolute atomic E-state index is 6.54. The van der Waals surface area contributed by atoms with E-state index in [1.807, 2.05) is 60.9 Å². The van der Waals surface area contributed by atoms with Crippen molar-refractivity contribution in [3.63, 3.8) is 0 Å². The van der Waals surface area contributed by atoms with Gasteiger partial charge in [0.25, 0.3) is 0 Å². The number of ether oxygens (including phenoxy) is 2. The summed E-state index contributed by atoms with van der Waals surface area (Å²) in [5.74, 6) is 3.29. The standard InChI is InChI=1S/C30H19BNO2.C19H16N.Ir/c1-19-8-2-3-9-21(19)20-16-17-32-25(18-20)22-14-15-28-29-30(22)34-27-13-7-5-11-24(27)31(29)23-10-4-6-12-26(23)33-28;1-14-8-10-17(11-9-14)19-12-18(15(2)13-20-19)16-6-4-3-5-7-16;/h2-13,15-18H,1H3;3-10,12-13H,1-2H3;/q2*-1;. The average molecular weight is 887 g/mol. The van der Waals surface area contributed by atoms with Gasteiger partial charge in [-0.05, 0) is 87.7 Å². The predicted molar refractivity (Wildman–Crippen MR) is 220 cm³/mol. The fourth-order valence-corrected chi connectivity index (χ4v) is 7.41. The van der Waals surface area contributed by atoms with E-state index in [-0.39, 0.29) is 26.8 Å². The van der Waals surface area contributed by atoms with Gasteiger partial charge < -0.3 is 19.4 Å². The fourth-order valence-electron chi connectivity index (χ4n) is 7.41. The van der Waals surface area contributed by atoms with Crippen LogP contribution in [-0.2, 0) is 20.1 Å². The summed E-state index contributed by atoms with van der Waals surface area (Å²) in [6.45, 7) is 6.33. The molecule has 2 aliphatic rings. The van der Waals surface area contributed by atoms with Crippen molar-refractivity contribution < 1.29 is 29.6 Å². The van der Waals surface area contributed by atoms with Crippen LogP contribution in [0.4, 0.5) is 0 Å². The first-order valence-corrected chi connectivity index (χ1v) is 18.2. The van der Waals surface area contributed by atoms with Crippen molar-refractivity contribution in [3.8, 4) is 67.8 Å². The van der Waals surface area contributed by atoms with Crippen LogP contribution < -0.4 is 25.9 Å². The molecule has 4 nitrogen and oxygen atoms in total. The van der Waals surface area contributed by atoms with Crippen LogP contribution in [0.15, 0.2) is 158 Å². The minimum Gasteiger partial charge on any atom is -0.503 e. The first-order valence-electron chi connectivity index (χ1n) is 18.2. The van der Waals surface area contributed by atoms with Crippen molar-refractivity contribution in [2.45, 2.75) is 20.8 Å². The Hall–Kier alpha value is -6.07. The van der Waals surface area contributed by atoms with Gasteiger partial charge in [-0.1, -0.05) is 121 Å². The summed E-state index contributed by atoms with van der Waals surface area (Å²) in [4.78, 5) is 9.25. The summed E-state index contributed by atoms with van der Waals surface area (Å²) in [7, 11) is 0. The average Bonchev–Trinajstić information content (AvgIpc) is 3.22. The van der Waals surface area contributed by atoms with Crippen LogP contribution in [0.1, 0.15) is 16.7 Å². The molecule has 55 heavy (non-hydrogen) atoms. The predicted octanol–water partition coefficient (Wildman–Crippen LogP) is 10.1. The molecular formula is C49H35BIrN2O2-2. The van der Waals surface area contributed by atoms with Gasteiger partial charge in [-0.3, -0.25) is 0 Å². The summed E-state index contributed by atoms with van der Waals surface area (Å²) in [6.07, 6.45) is 3.79. The van der Waals surface area contributed by atoms with Gasteiger partial charge in [0.15, 0.2) is 0 Å². The third-order valence-electron chi connectivity index (χ3n) is 10.2. The number of nitrogens with zero attached hydrogens (tertiary/aromatic N) is 2. The third-order valence-corrected chi connectivity index (χ3v) is 10.2. The van der Waals surface area contributed by atoms with Crippen molar-refractivity contribution in [1.29, 1.82) is 0 Å². The van der Waals surface area contributed by atoms with E-state index in [0.29, 0.717) is 0 Å². The van der Waals surface area contributed by atoms with Crippen LogP contribution in [0.2, 0.25) is 0 Å². The zero-order valence-electron chi connectivity index (χ0n) is 30.6. The molecule has 0 spiro atoms. The second-order valence-electron chi connectivity index (χ2n) is 13.8. The zero-order valence-corrected chi connectivity index (χ0v) is 33.0. The van der Waals surface area contributed by atoms with Crippen molar-refractivity contribution in [2.24, 2.45) is 0 Å². The minimum absolute atomic E-state index is 0. The van der Waals surface area contributed by atoms with E-state index in [9.17, 15) is 0 Å². The maximum Gasteiger partial charge on any atom is 0.239 e. The van der Waals surface area contributed by atoms with Crippen molar-refractivity contribution in [3.05, 3.63) is 187 Å². The summed E-state index contributed by atoms with van der Waals surface area (Å²) in [5.41, 5.74) is 15.4. The Kier molecular flexibility index (Phi) is 10.0. The smallest absolute Gasteiger partial charge is 0.239 e. The van der Waals surface area contributed by atoms with Gasteiger partial charge in [0, 0.05) is 44.0 Å². The molecule has 0 amide bonds. The second kappa shape index (κ2) is 15.4. The Morgan fingerprint density at radius 2 is 1.25 bits per heavy atom. The second-order valence-corrected chi connectivity index (χ2v) is 13.8. The zero-order chi connectivity index (χ0) is 36.6. The van der Waals surface area contributed by atoms with Crippen LogP contribution >= 0.6 is 0 Å². The van der Waals surface area contributed by atoms with Gasteiger partial charge in [-0.15, -0.1) is 47.5 Å². The number of benzene rings is 6. The van der Waals surface area contributed by atoms with Gasteiger partial charge in [-0.2, -0.15) is 0 Å². The molecule has 4 heterocycles. The van der Waals surface area contributed by atoms with E-state index in [4.69, 9.17) is 14.5 Å². The SMILES string of the molecule is Cc1c[c-]c(-c2cc(-c3ccccc3)c(C)cn2)cc1.Cc1ccccc1-c1ccnc(-c2[c-]cc3c4c2Oc2ccccc2B4c2ccccc2O3)c1.[Ir]. The van der Waals surface area contributed by atoms with Crippen LogP contribution in [-0.4, -0.2) is 16.7 Å². The van der Waals surface area contributed by atoms with Gasteiger partial charge in [0.1, 0.15) is 11.5 Å². The number of rotatable bonds is 4. The Balaban J connectivity index is 0.000000175. The van der Waals surface area contributed by atoms with Crippen LogP contribution in [0, 0.1) is 32.9 Å². The largest absolute Gasteiger partial charge is 0.503 e. The molecule has 6 heteroatoms. The summed E-state index contributed by atoms with van der Waals surface area (Å²) < 4.78 is 12.9. The van der Waals surface area contributed by atoms with E-state index < -0.39 is 0 Å². The summed E-state index contributed by atoms with van der Waals surface area (Å²) in [5, 5.41) is 0. The van der Waals surface area contributed by atoms with Crippen LogP contribution in [0.25, 0.3) is 44.8 Å². The van der Waals surface area contributed by atoms with Gasteiger partial charge in [-0.25, -0.2) is 0 Å². The van der Waals surface area contributed by atoms with E-state index >= 15 is 0 Å². The first kappa shape index (κ1) is 35.9. The molecule has 0 saturated carbocycles. The number of hydrogen-bond acceptors (Lipinski definition) is 4. The minimum atomic E-state index is 0. The number of pyridine rings is 2. The van der Waals surface area contributed by atoms with Gasteiger partial charge in [0.05, 0.1) is 0 Å². The molecular weight excluding hydrogens is 852 g/mol. The van der Waals surface area contributed by atoms with Crippen molar-refractivity contribution in [2.75, 3.05) is 0 Å². The number of aromatic nitrogens is 2. The number of para-hydroxylation sites is 2.